The number of hydrogen-bond donors (Lipinski definition) is 1. The molecule has 2 heterocycles. The molecule has 2 atom stereocenters. The maximum Gasteiger partial charge on any atom is 0.410 e. The molecule has 1 aromatic heterocycles. The van der Waals surface area contributed by atoms with Gasteiger partial charge in [0.2, 0.25) is 0 Å². The lowest BCUT2D eigenvalue weighted by atomic mass is 9.85. The predicted molar refractivity (Wildman–Crippen MR) is 98.2 cm³/mol. The first-order valence-electron chi connectivity index (χ1n) is 8.96. The number of amides is 1. The lowest BCUT2D eigenvalue weighted by Crippen LogP contribution is -2.47. The van der Waals surface area contributed by atoms with Crippen LogP contribution in [0.4, 0.5) is 4.79 Å². The van der Waals surface area contributed by atoms with E-state index in [0.29, 0.717) is 24.6 Å². The topological polar surface area (TPSA) is 92.9 Å². The van der Waals surface area contributed by atoms with Crippen LogP contribution in [0.25, 0.3) is 11.3 Å². The Morgan fingerprint density at radius 3 is 2.59 bits per heavy atom. The summed E-state index contributed by atoms with van der Waals surface area (Å²) in [6, 6.07) is 9.52. The molecule has 3 rings (SSSR count). The van der Waals surface area contributed by atoms with Crippen molar-refractivity contribution in [1.29, 1.82) is 0 Å². The molecule has 0 spiro atoms. The standard InChI is InChI=1S/C20H24N2O5/c1-20(2,3)27-19(25)22-10-9-14(15(12-22)18(23)24)17-21-11-16(26-17)13-7-5-4-6-8-13/h4-8,11,14-15H,9-10,12H2,1-3H3,(H,23,24)/t14-,15?/m0/s1. The number of oxazole rings is 1. The van der Waals surface area contributed by atoms with Crippen LogP contribution in [-0.4, -0.2) is 45.7 Å². The highest BCUT2D eigenvalue weighted by Gasteiger charge is 2.40. The molecule has 1 aromatic carbocycles. The number of aliphatic carboxylic acids is 1. The molecule has 0 radical (unpaired) electrons. The van der Waals surface area contributed by atoms with Gasteiger partial charge in [0.15, 0.2) is 11.7 Å². The molecule has 1 N–H and O–H groups in total. The van der Waals surface area contributed by atoms with Crippen molar-refractivity contribution in [3.63, 3.8) is 0 Å². The van der Waals surface area contributed by atoms with Crippen molar-refractivity contribution in [2.75, 3.05) is 13.1 Å². The number of carboxylic acids is 1. The minimum absolute atomic E-state index is 0.0674. The molecule has 1 fully saturated rings. The number of carbonyl (C=O) groups is 2. The third-order valence-corrected chi connectivity index (χ3v) is 4.48. The van der Waals surface area contributed by atoms with E-state index in [9.17, 15) is 14.7 Å². The lowest BCUT2D eigenvalue weighted by Gasteiger charge is -2.35. The van der Waals surface area contributed by atoms with Crippen LogP contribution in [0.5, 0.6) is 0 Å². The summed E-state index contributed by atoms with van der Waals surface area (Å²) in [5.41, 5.74) is 0.258. The van der Waals surface area contributed by atoms with Gasteiger partial charge in [0, 0.05) is 18.7 Å². The van der Waals surface area contributed by atoms with Gasteiger partial charge >= 0.3 is 12.1 Å². The third-order valence-electron chi connectivity index (χ3n) is 4.48. The van der Waals surface area contributed by atoms with Crippen LogP contribution in [0.1, 0.15) is 39.0 Å². The summed E-state index contributed by atoms with van der Waals surface area (Å²) in [6.07, 6.45) is 1.57. The van der Waals surface area contributed by atoms with E-state index in [-0.39, 0.29) is 6.54 Å². The van der Waals surface area contributed by atoms with Gasteiger partial charge in [-0.15, -0.1) is 0 Å². The Labute approximate surface area is 158 Å². The number of aromatic nitrogens is 1. The molecule has 1 amide bonds. The third kappa shape index (κ3) is 4.48. The first-order chi connectivity index (χ1) is 12.7. The Hall–Kier alpha value is -2.83. The number of rotatable bonds is 3. The SMILES string of the molecule is CC(C)(C)OC(=O)N1CC[C@H](c2ncc(-c3ccccc3)o2)C(C(=O)O)C1. The summed E-state index contributed by atoms with van der Waals surface area (Å²) in [5.74, 6) is -1.17. The van der Waals surface area contributed by atoms with E-state index in [0.717, 1.165) is 5.56 Å². The summed E-state index contributed by atoms with van der Waals surface area (Å²) in [4.78, 5) is 29.9. The highest BCUT2D eigenvalue weighted by atomic mass is 16.6. The smallest absolute Gasteiger partial charge is 0.410 e. The van der Waals surface area contributed by atoms with Gasteiger partial charge in [-0.1, -0.05) is 30.3 Å². The van der Waals surface area contributed by atoms with Gasteiger partial charge in [-0.25, -0.2) is 9.78 Å². The maximum absolute atomic E-state index is 12.3. The summed E-state index contributed by atoms with van der Waals surface area (Å²) in [6.45, 7) is 5.81. The van der Waals surface area contributed by atoms with E-state index in [1.54, 1.807) is 27.0 Å². The van der Waals surface area contributed by atoms with Gasteiger partial charge in [0.1, 0.15) is 5.60 Å². The average molecular weight is 372 g/mol. The minimum Gasteiger partial charge on any atom is -0.481 e. The van der Waals surface area contributed by atoms with Crippen molar-refractivity contribution in [2.45, 2.75) is 38.7 Å². The Balaban J connectivity index is 1.76. The normalized spacial score (nSPS) is 20.3. The molecule has 7 nitrogen and oxygen atoms in total. The zero-order valence-electron chi connectivity index (χ0n) is 15.7. The Morgan fingerprint density at radius 2 is 1.96 bits per heavy atom. The number of carbonyl (C=O) groups excluding carboxylic acids is 1. The van der Waals surface area contributed by atoms with Crippen LogP contribution in [0.15, 0.2) is 40.9 Å². The molecule has 2 aromatic rings. The molecule has 1 saturated heterocycles. The second kappa shape index (κ2) is 7.42. The van der Waals surface area contributed by atoms with Gasteiger partial charge in [-0.3, -0.25) is 4.79 Å². The Morgan fingerprint density at radius 1 is 1.26 bits per heavy atom. The predicted octanol–water partition coefficient (Wildman–Crippen LogP) is 3.77. The van der Waals surface area contributed by atoms with Crippen molar-refractivity contribution >= 4 is 12.1 Å². The van der Waals surface area contributed by atoms with Crippen molar-refractivity contribution in [2.24, 2.45) is 5.92 Å². The largest absolute Gasteiger partial charge is 0.481 e. The second-order valence-corrected chi connectivity index (χ2v) is 7.70. The zero-order chi connectivity index (χ0) is 19.6. The van der Waals surface area contributed by atoms with E-state index in [4.69, 9.17) is 9.15 Å². The monoisotopic (exact) mass is 372 g/mol. The number of benzene rings is 1. The fourth-order valence-electron chi connectivity index (χ4n) is 3.19. The molecule has 144 valence electrons. The summed E-state index contributed by atoms with van der Waals surface area (Å²) < 4.78 is 11.2. The van der Waals surface area contributed by atoms with Crippen LogP contribution in [0.3, 0.4) is 0 Å². The van der Waals surface area contributed by atoms with Crippen molar-refractivity contribution in [1.82, 2.24) is 9.88 Å². The van der Waals surface area contributed by atoms with Gasteiger partial charge in [-0.2, -0.15) is 0 Å². The van der Waals surface area contributed by atoms with E-state index in [1.807, 2.05) is 30.3 Å². The number of likely N-dealkylation sites (tertiary alicyclic amines) is 1. The zero-order valence-corrected chi connectivity index (χ0v) is 15.7. The van der Waals surface area contributed by atoms with Gasteiger partial charge in [-0.05, 0) is 27.2 Å². The molecule has 7 heteroatoms. The molecular formula is C20H24N2O5. The summed E-state index contributed by atoms with van der Waals surface area (Å²) in [7, 11) is 0. The minimum atomic E-state index is -0.979. The van der Waals surface area contributed by atoms with Crippen LogP contribution in [0, 0.1) is 5.92 Å². The number of carboxylic acid groups (broad SMARTS) is 1. The highest BCUT2D eigenvalue weighted by Crippen LogP contribution is 2.35. The van der Waals surface area contributed by atoms with Gasteiger partial charge < -0.3 is 19.2 Å². The number of nitrogens with zero attached hydrogens (tertiary/aromatic N) is 2. The molecule has 0 bridgehead atoms. The number of piperidine rings is 1. The second-order valence-electron chi connectivity index (χ2n) is 7.70. The maximum atomic E-state index is 12.3. The Bertz CT molecular complexity index is 809. The van der Waals surface area contributed by atoms with Gasteiger partial charge in [0.05, 0.1) is 18.0 Å². The molecule has 1 unspecified atom stereocenters. The summed E-state index contributed by atoms with van der Waals surface area (Å²) >= 11 is 0. The highest BCUT2D eigenvalue weighted by molar-refractivity contribution is 5.74. The van der Waals surface area contributed by atoms with Crippen molar-refractivity contribution in [3.05, 3.63) is 42.4 Å². The van der Waals surface area contributed by atoms with E-state index >= 15 is 0 Å². The number of hydrogen-bond acceptors (Lipinski definition) is 5. The lowest BCUT2D eigenvalue weighted by molar-refractivity contribution is -0.144. The molecule has 27 heavy (non-hydrogen) atoms. The molecule has 0 saturated carbocycles. The van der Waals surface area contributed by atoms with Crippen LogP contribution in [0.2, 0.25) is 0 Å². The molecule has 1 aliphatic rings. The first kappa shape index (κ1) is 18.9. The number of ether oxygens (including phenoxy) is 1. The average Bonchev–Trinajstić information content (AvgIpc) is 3.10. The molecule has 0 aliphatic carbocycles. The summed E-state index contributed by atoms with van der Waals surface area (Å²) in [5, 5.41) is 9.68. The van der Waals surface area contributed by atoms with E-state index < -0.39 is 29.5 Å². The fourth-order valence-corrected chi connectivity index (χ4v) is 3.19. The molecular weight excluding hydrogens is 348 g/mol. The van der Waals surface area contributed by atoms with Gasteiger partial charge in [0.25, 0.3) is 0 Å². The molecule has 1 aliphatic heterocycles. The van der Waals surface area contributed by atoms with E-state index in [2.05, 4.69) is 4.98 Å². The van der Waals surface area contributed by atoms with Crippen LogP contribution >= 0.6 is 0 Å². The first-order valence-corrected chi connectivity index (χ1v) is 8.96. The Kier molecular flexibility index (Phi) is 5.21. The van der Waals surface area contributed by atoms with E-state index in [1.165, 1.54) is 4.90 Å². The quantitative estimate of drug-likeness (QED) is 0.882. The van der Waals surface area contributed by atoms with Crippen LogP contribution < -0.4 is 0 Å². The fraction of sp³-hybridized carbons (Fsp3) is 0.450. The van der Waals surface area contributed by atoms with Crippen molar-refractivity contribution in [3.8, 4) is 11.3 Å². The van der Waals surface area contributed by atoms with Crippen LogP contribution in [-0.2, 0) is 9.53 Å². The van der Waals surface area contributed by atoms with Crippen molar-refractivity contribution < 1.29 is 23.8 Å².